The van der Waals surface area contributed by atoms with Gasteiger partial charge in [0, 0.05) is 25.6 Å². The molecule has 0 amide bonds. The maximum absolute atomic E-state index is 10.4. The molecule has 1 saturated heterocycles. The molecule has 20 heavy (non-hydrogen) atoms. The molecule has 1 aromatic carbocycles. The van der Waals surface area contributed by atoms with E-state index in [0.717, 1.165) is 25.0 Å². The maximum Gasteiger partial charge on any atom is 0.119 e. The molecular weight excluding hydrogens is 254 g/mol. The zero-order valence-corrected chi connectivity index (χ0v) is 12.0. The molecule has 1 aliphatic heterocycles. The summed E-state index contributed by atoms with van der Waals surface area (Å²) in [5, 5.41) is 13.9. The second-order valence-electron chi connectivity index (χ2n) is 5.92. The predicted molar refractivity (Wildman–Crippen MR) is 77.1 cm³/mol. The summed E-state index contributed by atoms with van der Waals surface area (Å²) < 4.78 is 10.6. The first-order valence-electron chi connectivity index (χ1n) is 7.40. The van der Waals surface area contributed by atoms with Gasteiger partial charge < -0.3 is 19.9 Å². The van der Waals surface area contributed by atoms with E-state index < -0.39 is 5.60 Å². The third-order valence-corrected chi connectivity index (χ3v) is 4.43. The monoisotopic (exact) mass is 277 g/mol. The van der Waals surface area contributed by atoms with Crippen molar-refractivity contribution in [2.75, 3.05) is 26.9 Å². The number of ether oxygens (including phenoxy) is 2. The Morgan fingerprint density at radius 3 is 3.15 bits per heavy atom. The lowest BCUT2D eigenvalue weighted by atomic mass is 9.87. The van der Waals surface area contributed by atoms with Gasteiger partial charge in [-0.3, -0.25) is 0 Å². The molecule has 4 nitrogen and oxygen atoms in total. The van der Waals surface area contributed by atoms with Gasteiger partial charge in [0.1, 0.15) is 11.4 Å². The van der Waals surface area contributed by atoms with Crippen LogP contribution in [0, 0.1) is 0 Å². The Bertz CT molecular complexity index is 469. The van der Waals surface area contributed by atoms with Crippen LogP contribution in [-0.4, -0.2) is 37.6 Å². The average Bonchev–Trinajstić information content (AvgIpc) is 2.91. The number of nitrogens with one attached hydrogen (secondary N) is 1. The van der Waals surface area contributed by atoms with Gasteiger partial charge in [0.15, 0.2) is 0 Å². The molecule has 0 saturated carbocycles. The molecule has 0 aromatic heterocycles. The summed E-state index contributed by atoms with van der Waals surface area (Å²) in [5.41, 5.74) is 2.01. The molecule has 4 heteroatoms. The number of aryl methyl sites for hydroxylation is 1. The summed E-state index contributed by atoms with van der Waals surface area (Å²) in [7, 11) is 1.70. The molecule has 2 N–H and O–H groups in total. The van der Waals surface area contributed by atoms with Crippen molar-refractivity contribution >= 4 is 0 Å². The summed E-state index contributed by atoms with van der Waals surface area (Å²) in [6, 6.07) is 6.62. The van der Waals surface area contributed by atoms with Gasteiger partial charge in [-0.25, -0.2) is 0 Å². The van der Waals surface area contributed by atoms with E-state index in [0.29, 0.717) is 25.8 Å². The molecule has 1 aliphatic carbocycles. The number of benzene rings is 1. The summed E-state index contributed by atoms with van der Waals surface area (Å²) in [5.74, 6) is 0.903. The first-order chi connectivity index (χ1) is 9.70. The third kappa shape index (κ3) is 2.82. The van der Waals surface area contributed by atoms with Gasteiger partial charge in [0.25, 0.3) is 0 Å². The van der Waals surface area contributed by atoms with Crippen LogP contribution in [0.3, 0.4) is 0 Å². The Morgan fingerprint density at radius 1 is 1.50 bits per heavy atom. The van der Waals surface area contributed by atoms with Crippen LogP contribution in [0.25, 0.3) is 0 Å². The van der Waals surface area contributed by atoms with E-state index in [9.17, 15) is 5.11 Å². The molecule has 3 rings (SSSR count). The Labute approximate surface area is 120 Å². The summed E-state index contributed by atoms with van der Waals surface area (Å²) in [6.07, 6.45) is 4.14. The van der Waals surface area contributed by atoms with Crippen LogP contribution >= 0.6 is 0 Å². The van der Waals surface area contributed by atoms with Gasteiger partial charge in [-0.15, -0.1) is 0 Å². The predicted octanol–water partition coefficient (Wildman–Crippen LogP) is 1.81. The van der Waals surface area contributed by atoms with Crippen molar-refractivity contribution in [2.45, 2.75) is 37.3 Å². The maximum atomic E-state index is 10.4. The third-order valence-electron chi connectivity index (χ3n) is 4.43. The zero-order chi connectivity index (χ0) is 14.0. The number of rotatable bonds is 4. The fourth-order valence-electron chi connectivity index (χ4n) is 3.17. The van der Waals surface area contributed by atoms with Crippen LogP contribution in [0.15, 0.2) is 18.2 Å². The molecule has 1 aromatic rings. The first kappa shape index (κ1) is 13.9. The highest BCUT2D eigenvalue weighted by atomic mass is 16.5. The van der Waals surface area contributed by atoms with E-state index in [1.165, 1.54) is 17.5 Å². The highest BCUT2D eigenvalue weighted by Gasteiger charge is 2.33. The van der Waals surface area contributed by atoms with Crippen molar-refractivity contribution in [3.05, 3.63) is 29.3 Å². The molecule has 0 bridgehead atoms. The molecule has 1 heterocycles. The van der Waals surface area contributed by atoms with Crippen LogP contribution in [0.2, 0.25) is 0 Å². The minimum absolute atomic E-state index is 0.304. The smallest absolute Gasteiger partial charge is 0.119 e. The van der Waals surface area contributed by atoms with E-state index >= 15 is 0 Å². The minimum atomic E-state index is -0.698. The van der Waals surface area contributed by atoms with E-state index in [2.05, 4.69) is 17.4 Å². The number of methoxy groups -OCH3 is 1. The van der Waals surface area contributed by atoms with Gasteiger partial charge in [-0.1, -0.05) is 6.07 Å². The van der Waals surface area contributed by atoms with Crippen LogP contribution < -0.4 is 10.1 Å². The van der Waals surface area contributed by atoms with Crippen LogP contribution in [-0.2, 0) is 11.2 Å². The SMILES string of the molecule is COc1ccc2c(c1)C(NCC1(O)CCOC1)CCC2. The Balaban J connectivity index is 1.72. The Hall–Kier alpha value is -1.10. The van der Waals surface area contributed by atoms with E-state index in [1.54, 1.807) is 7.11 Å². The first-order valence-corrected chi connectivity index (χ1v) is 7.40. The van der Waals surface area contributed by atoms with Crippen molar-refractivity contribution in [3.8, 4) is 5.75 Å². The number of hydrogen-bond acceptors (Lipinski definition) is 4. The van der Waals surface area contributed by atoms with Crippen molar-refractivity contribution in [3.63, 3.8) is 0 Å². The summed E-state index contributed by atoms with van der Waals surface area (Å²) in [4.78, 5) is 0. The topological polar surface area (TPSA) is 50.7 Å². The van der Waals surface area contributed by atoms with E-state index in [4.69, 9.17) is 9.47 Å². The molecular formula is C16H23NO3. The standard InChI is InChI=1S/C16H23NO3/c1-19-13-6-5-12-3-2-4-15(14(12)9-13)17-10-16(18)7-8-20-11-16/h5-6,9,15,17-18H,2-4,7-8,10-11H2,1H3. The lowest BCUT2D eigenvalue weighted by molar-refractivity contribution is 0.0243. The van der Waals surface area contributed by atoms with Gasteiger partial charge in [-0.2, -0.15) is 0 Å². The minimum Gasteiger partial charge on any atom is -0.497 e. The fourth-order valence-corrected chi connectivity index (χ4v) is 3.17. The summed E-state index contributed by atoms with van der Waals surface area (Å²) >= 11 is 0. The van der Waals surface area contributed by atoms with Crippen molar-refractivity contribution < 1.29 is 14.6 Å². The molecule has 2 unspecified atom stereocenters. The van der Waals surface area contributed by atoms with Crippen molar-refractivity contribution in [2.24, 2.45) is 0 Å². The number of fused-ring (bicyclic) bond motifs is 1. The normalized spacial score (nSPS) is 29.2. The van der Waals surface area contributed by atoms with Crippen LogP contribution in [0.1, 0.15) is 36.4 Å². The van der Waals surface area contributed by atoms with Gasteiger partial charge in [0.2, 0.25) is 0 Å². The fraction of sp³-hybridized carbons (Fsp3) is 0.625. The molecule has 2 atom stereocenters. The van der Waals surface area contributed by atoms with Crippen LogP contribution in [0.5, 0.6) is 5.75 Å². The molecule has 2 aliphatic rings. The van der Waals surface area contributed by atoms with Crippen molar-refractivity contribution in [1.29, 1.82) is 0 Å². The van der Waals surface area contributed by atoms with Gasteiger partial charge in [0.05, 0.1) is 13.7 Å². The lowest BCUT2D eigenvalue weighted by Crippen LogP contribution is -2.43. The lowest BCUT2D eigenvalue weighted by Gasteiger charge is -2.30. The second-order valence-corrected chi connectivity index (χ2v) is 5.92. The van der Waals surface area contributed by atoms with E-state index in [-0.39, 0.29) is 0 Å². The highest BCUT2D eigenvalue weighted by molar-refractivity contribution is 5.39. The molecule has 110 valence electrons. The van der Waals surface area contributed by atoms with Crippen LogP contribution in [0.4, 0.5) is 0 Å². The Morgan fingerprint density at radius 2 is 2.40 bits per heavy atom. The van der Waals surface area contributed by atoms with Gasteiger partial charge in [-0.05, 0) is 42.5 Å². The Kier molecular flexibility index (Phi) is 3.96. The zero-order valence-electron chi connectivity index (χ0n) is 12.0. The number of hydrogen-bond donors (Lipinski definition) is 2. The second kappa shape index (κ2) is 5.72. The number of aliphatic hydroxyl groups is 1. The van der Waals surface area contributed by atoms with Gasteiger partial charge >= 0.3 is 0 Å². The molecule has 0 spiro atoms. The quantitative estimate of drug-likeness (QED) is 0.881. The average molecular weight is 277 g/mol. The van der Waals surface area contributed by atoms with Crippen molar-refractivity contribution in [1.82, 2.24) is 5.32 Å². The molecule has 0 radical (unpaired) electrons. The summed E-state index contributed by atoms with van der Waals surface area (Å²) in [6.45, 7) is 1.69. The highest BCUT2D eigenvalue weighted by Crippen LogP contribution is 2.33. The largest absolute Gasteiger partial charge is 0.497 e. The molecule has 1 fully saturated rings. The van der Waals surface area contributed by atoms with E-state index in [1.807, 2.05) is 6.07 Å².